The fourth-order valence-corrected chi connectivity index (χ4v) is 9.21. The van der Waals surface area contributed by atoms with E-state index in [1.54, 1.807) is 6.92 Å². The van der Waals surface area contributed by atoms with Crippen LogP contribution in [0, 0.1) is 33.5 Å². The molecule has 0 heterocycles. The third-order valence-corrected chi connectivity index (χ3v) is 10.8. The molecule has 0 aromatic heterocycles. The number of allylic oxidation sites excluding steroid dienone is 2. The van der Waals surface area contributed by atoms with Gasteiger partial charge in [0.05, 0.1) is 6.04 Å². The molecule has 0 unspecified atom stereocenters. The second-order valence-corrected chi connectivity index (χ2v) is 11.2. The molecule has 5 aliphatic carbocycles. The molecule has 152 valence electrons. The van der Waals surface area contributed by atoms with Gasteiger partial charge < -0.3 is 4.90 Å². The molecule has 0 bridgehead atoms. The minimum Gasteiger partial charge on any atom is -0.342 e. The fourth-order valence-electron chi connectivity index (χ4n) is 9.21. The lowest BCUT2D eigenvalue weighted by atomic mass is 9.43. The molecule has 7 atom stereocenters. The van der Waals surface area contributed by atoms with Crippen LogP contribution in [0.1, 0.15) is 72.1 Å². The summed E-state index contributed by atoms with van der Waals surface area (Å²) in [5.74, 6) is 1.59. The first-order valence-electron chi connectivity index (χ1n) is 11.2. The summed E-state index contributed by atoms with van der Waals surface area (Å²) in [5.41, 5.74) is 3.59. The number of nitrogens with zero attached hydrogens (tertiary/aromatic N) is 1. The Kier molecular flexibility index (Phi) is 3.60. The molecule has 0 aromatic carbocycles. The van der Waals surface area contributed by atoms with Crippen LogP contribution in [0.2, 0.25) is 0 Å². The van der Waals surface area contributed by atoms with Crippen LogP contribution in [0.3, 0.4) is 0 Å². The van der Waals surface area contributed by atoms with Crippen molar-refractivity contribution in [1.82, 2.24) is 4.90 Å². The van der Waals surface area contributed by atoms with Gasteiger partial charge in [-0.3, -0.25) is 9.59 Å². The molecule has 28 heavy (non-hydrogen) atoms. The summed E-state index contributed by atoms with van der Waals surface area (Å²) in [6, 6.07) is 0.226. The van der Waals surface area contributed by atoms with Crippen LogP contribution in [0.25, 0.3) is 0 Å². The van der Waals surface area contributed by atoms with E-state index in [9.17, 15) is 9.59 Å². The number of hydrogen-bond acceptors (Lipinski definition) is 2. The van der Waals surface area contributed by atoms with E-state index in [4.69, 9.17) is 0 Å². The number of carbonyl (C=O) groups is 2. The summed E-state index contributed by atoms with van der Waals surface area (Å²) >= 11 is 0. The van der Waals surface area contributed by atoms with Crippen LogP contribution in [0.15, 0.2) is 23.8 Å². The maximum atomic E-state index is 12.4. The smallest absolute Gasteiger partial charge is 0.209 e. The van der Waals surface area contributed by atoms with Gasteiger partial charge in [0.1, 0.15) is 0 Å². The van der Waals surface area contributed by atoms with E-state index in [-0.39, 0.29) is 22.7 Å². The molecule has 0 radical (unpaired) electrons. The van der Waals surface area contributed by atoms with Gasteiger partial charge >= 0.3 is 0 Å². The fraction of sp³-hybridized carbons (Fsp3) is 0.760. The average molecular weight is 382 g/mol. The Hall–Kier alpha value is -1.38. The number of hydrogen-bond donors (Lipinski definition) is 0. The first kappa shape index (κ1) is 18.6. The normalized spacial score (nSPS) is 51.2. The highest BCUT2D eigenvalue weighted by Crippen LogP contribution is 2.87. The number of ketones is 1. The minimum absolute atomic E-state index is 0.0529. The van der Waals surface area contributed by atoms with Crippen LogP contribution >= 0.6 is 0 Å². The SMILES string of the molecule is C=C1[C@@H](N(C)C=O)CC[C@]23C[C@]24CC[C@]2(C)C(C(C)=O)=CC[C@@]2(C)[C@@H]4CC[C@@H]13. The third kappa shape index (κ3) is 1.83. The van der Waals surface area contributed by atoms with Gasteiger partial charge in [-0.15, -0.1) is 0 Å². The van der Waals surface area contributed by atoms with E-state index in [2.05, 4.69) is 26.5 Å². The number of fused-ring (bicyclic) bond motifs is 2. The van der Waals surface area contributed by atoms with Gasteiger partial charge in [0.25, 0.3) is 0 Å². The molecule has 3 nitrogen and oxygen atoms in total. The lowest BCUT2D eigenvalue weighted by molar-refractivity contribution is -0.124. The summed E-state index contributed by atoms with van der Waals surface area (Å²) in [5, 5.41) is 0. The lowest BCUT2D eigenvalue weighted by Crippen LogP contribution is -2.55. The Morgan fingerprint density at radius 2 is 1.93 bits per heavy atom. The third-order valence-electron chi connectivity index (χ3n) is 10.8. The zero-order chi connectivity index (χ0) is 20.1. The highest BCUT2D eigenvalue weighted by atomic mass is 16.1. The molecule has 0 N–H and O–H groups in total. The quantitative estimate of drug-likeness (QED) is 0.514. The van der Waals surface area contributed by atoms with Gasteiger partial charge in [-0.25, -0.2) is 0 Å². The van der Waals surface area contributed by atoms with Crippen molar-refractivity contribution in [3.8, 4) is 0 Å². The summed E-state index contributed by atoms with van der Waals surface area (Å²) in [6.07, 6.45) is 12.9. The number of carbonyl (C=O) groups excluding carboxylic acids is 2. The van der Waals surface area contributed by atoms with Crippen molar-refractivity contribution in [3.63, 3.8) is 0 Å². The minimum atomic E-state index is 0.0529. The molecule has 4 saturated carbocycles. The van der Waals surface area contributed by atoms with Crippen LogP contribution in [0.5, 0.6) is 0 Å². The van der Waals surface area contributed by atoms with Gasteiger partial charge in [0.2, 0.25) is 6.41 Å². The first-order chi connectivity index (χ1) is 13.2. The second kappa shape index (κ2) is 5.40. The standard InChI is InChI=1S/C25H35NO2/c1-16-18-6-7-21-23(4)10-8-19(17(2)28)22(23,3)12-13-25(21)14-24(18,25)11-9-20(16)26(5)15-27/h8,15,18,20-21H,1,6-7,9-14H2,2-5H3/t18-,20-,21-,22+,23-,24+,25-/m0/s1. The average Bonchev–Trinajstić information content (AvgIpc) is 3.23. The molecule has 1 amide bonds. The maximum Gasteiger partial charge on any atom is 0.209 e. The number of rotatable bonds is 3. The van der Waals surface area contributed by atoms with Gasteiger partial charge in [-0.05, 0) is 91.9 Å². The molecule has 4 fully saturated rings. The molecule has 3 heteroatoms. The maximum absolute atomic E-state index is 12.4. The lowest BCUT2D eigenvalue weighted by Gasteiger charge is -2.61. The number of Topliss-reactive ketones (excluding diaryl/α,β-unsaturated/α-hetero) is 1. The summed E-state index contributed by atoms with van der Waals surface area (Å²) in [7, 11) is 1.91. The molecule has 0 aliphatic heterocycles. The van der Waals surface area contributed by atoms with Crippen molar-refractivity contribution in [1.29, 1.82) is 0 Å². The van der Waals surface area contributed by atoms with Crippen molar-refractivity contribution in [2.75, 3.05) is 7.05 Å². The predicted octanol–water partition coefficient (Wildman–Crippen LogP) is 4.92. The van der Waals surface area contributed by atoms with Crippen LogP contribution in [-0.2, 0) is 9.59 Å². The van der Waals surface area contributed by atoms with Gasteiger partial charge in [0.15, 0.2) is 5.78 Å². The summed E-state index contributed by atoms with van der Waals surface area (Å²) < 4.78 is 0. The summed E-state index contributed by atoms with van der Waals surface area (Å²) in [6.45, 7) is 11.2. The molecule has 2 spiro atoms. The van der Waals surface area contributed by atoms with Crippen molar-refractivity contribution < 1.29 is 9.59 Å². The van der Waals surface area contributed by atoms with Crippen molar-refractivity contribution in [3.05, 3.63) is 23.8 Å². The van der Waals surface area contributed by atoms with E-state index < -0.39 is 0 Å². The predicted molar refractivity (Wildman–Crippen MR) is 111 cm³/mol. The van der Waals surface area contributed by atoms with E-state index in [0.717, 1.165) is 37.2 Å². The van der Waals surface area contributed by atoms with Crippen molar-refractivity contribution in [2.24, 2.45) is 33.5 Å². The first-order valence-corrected chi connectivity index (χ1v) is 11.2. The zero-order valence-corrected chi connectivity index (χ0v) is 18.0. The van der Waals surface area contributed by atoms with E-state index in [0.29, 0.717) is 16.7 Å². The molecule has 0 aromatic rings. The highest BCUT2D eigenvalue weighted by Gasteiger charge is 2.80. The Morgan fingerprint density at radius 3 is 2.61 bits per heavy atom. The van der Waals surface area contributed by atoms with Crippen molar-refractivity contribution in [2.45, 2.75) is 78.2 Å². The number of likely N-dealkylation sites (N-methyl/N-ethyl adjacent to an activating group) is 1. The van der Waals surface area contributed by atoms with Crippen molar-refractivity contribution >= 4 is 12.2 Å². The second-order valence-electron chi connectivity index (χ2n) is 11.2. The molecule has 5 rings (SSSR count). The van der Waals surface area contributed by atoms with Gasteiger partial charge in [0, 0.05) is 12.5 Å². The van der Waals surface area contributed by atoms with E-state index in [1.807, 2.05) is 11.9 Å². The molecule has 5 aliphatic rings. The van der Waals surface area contributed by atoms with Gasteiger partial charge in [-0.2, -0.15) is 0 Å². The van der Waals surface area contributed by atoms with Gasteiger partial charge in [-0.1, -0.05) is 32.1 Å². The van der Waals surface area contributed by atoms with Crippen LogP contribution in [0.4, 0.5) is 0 Å². The van der Waals surface area contributed by atoms with E-state index >= 15 is 0 Å². The molecular weight excluding hydrogens is 346 g/mol. The Labute approximate surface area is 169 Å². The highest BCUT2D eigenvalue weighted by molar-refractivity contribution is 5.95. The largest absolute Gasteiger partial charge is 0.342 e. The zero-order valence-electron chi connectivity index (χ0n) is 18.0. The topological polar surface area (TPSA) is 37.4 Å². The summed E-state index contributed by atoms with van der Waals surface area (Å²) in [4.78, 5) is 25.6. The van der Waals surface area contributed by atoms with Crippen LogP contribution < -0.4 is 0 Å². The molecule has 0 saturated heterocycles. The monoisotopic (exact) mass is 381 g/mol. The Morgan fingerprint density at radius 1 is 1.18 bits per heavy atom. The number of amides is 1. The Balaban J connectivity index is 1.49. The van der Waals surface area contributed by atoms with E-state index in [1.165, 1.54) is 37.7 Å². The Bertz CT molecular complexity index is 813. The van der Waals surface area contributed by atoms with Crippen LogP contribution in [-0.4, -0.2) is 30.2 Å². The molecular formula is C25H35NO2.